The van der Waals surface area contributed by atoms with Crippen LogP contribution in [0.5, 0.6) is 0 Å². The molecule has 9 heteroatoms. The number of nitrogens with zero attached hydrogens (tertiary/aromatic N) is 1. The molecule has 2 rings (SSSR count). The molecule has 0 saturated carbocycles. The maximum absolute atomic E-state index is 13.8. The van der Waals surface area contributed by atoms with Crippen LogP contribution in [-0.2, 0) is 9.59 Å². The molecule has 0 spiro atoms. The quantitative estimate of drug-likeness (QED) is 0.414. The predicted octanol–water partition coefficient (Wildman–Crippen LogP) is 4.41. The normalized spacial score (nSPS) is 12.2. The predicted molar refractivity (Wildman–Crippen MR) is 114 cm³/mol. The van der Waals surface area contributed by atoms with E-state index in [0.29, 0.717) is 19.0 Å². The van der Waals surface area contributed by atoms with Crippen LogP contribution in [0.25, 0.3) is 0 Å². The highest BCUT2D eigenvalue weighted by Gasteiger charge is 2.22. The molecule has 0 aliphatic heterocycles. The molecule has 0 saturated heterocycles. The highest BCUT2D eigenvalue weighted by atomic mass is 19.2. The molecular formula is C23H27F4N3O2. The Bertz CT molecular complexity index is 936. The van der Waals surface area contributed by atoms with Gasteiger partial charge in [0.1, 0.15) is 5.82 Å². The molecule has 2 N–H and O–H groups in total. The summed E-state index contributed by atoms with van der Waals surface area (Å²) in [6, 6.07) is 7.15. The van der Waals surface area contributed by atoms with Crippen molar-refractivity contribution in [1.82, 2.24) is 10.2 Å². The summed E-state index contributed by atoms with van der Waals surface area (Å²) in [5, 5.41) is 5.10. The van der Waals surface area contributed by atoms with Gasteiger partial charge in [0.25, 0.3) is 0 Å². The molecule has 2 aromatic rings. The number of hydrogen-bond acceptors (Lipinski definition) is 3. The van der Waals surface area contributed by atoms with Crippen molar-refractivity contribution in [3.05, 3.63) is 65.2 Å². The highest BCUT2D eigenvalue weighted by Crippen LogP contribution is 2.22. The van der Waals surface area contributed by atoms with Gasteiger partial charge in [-0.05, 0) is 48.7 Å². The summed E-state index contributed by atoms with van der Waals surface area (Å²) in [7, 11) is 0. The second-order valence-electron chi connectivity index (χ2n) is 7.82. The van der Waals surface area contributed by atoms with E-state index in [0.717, 1.165) is 11.6 Å². The van der Waals surface area contributed by atoms with Crippen LogP contribution in [0.15, 0.2) is 36.4 Å². The van der Waals surface area contributed by atoms with Crippen molar-refractivity contribution in [3.8, 4) is 0 Å². The van der Waals surface area contributed by atoms with Crippen molar-refractivity contribution >= 4 is 17.5 Å². The monoisotopic (exact) mass is 453 g/mol. The van der Waals surface area contributed by atoms with Crippen molar-refractivity contribution in [3.63, 3.8) is 0 Å². The topological polar surface area (TPSA) is 61.4 Å². The van der Waals surface area contributed by atoms with Gasteiger partial charge in [-0.25, -0.2) is 17.6 Å². The van der Waals surface area contributed by atoms with E-state index in [1.54, 1.807) is 17.0 Å². The van der Waals surface area contributed by atoms with Gasteiger partial charge in [0.2, 0.25) is 11.8 Å². The number of halogens is 4. The number of nitrogens with one attached hydrogen (secondary N) is 2. The maximum atomic E-state index is 13.8. The summed E-state index contributed by atoms with van der Waals surface area (Å²) in [6.45, 7) is 5.76. The van der Waals surface area contributed by atoms with Gasteiger partial charge < -0.3 is 10.6 Å². The molecule has 5 nitrogen and oxygen atoms in total. The lowest BCUT2D eigenvalue weighted by Gasteiger charge is -2.26. The Morgan fingerprint density at radius 2 is 1.53 bits per heavy atom. The van der Waals surface area contributed by atoms with Crippen molar-refractivity contribution in [2.75, 3.05) is 25.0 Å². The number of rotatable bonds is 10. The summed E-state index contributed by atoms with van der Waals surface area (Å²) in [6.07, 6.45) is 0.645. The van der Waals surface area contributed by atoms with Gasteiger partial charge in [-0.3, -0.25) is 14.5 Å². The van der Waals surface area contributed by atoms with Gasteiger partial charge >= 0.3 is 0 Å². The van der Waals surface area contributed by atoms with Crippen molar-refractivity contribution in [2.24, 2.45) is 5.92 Å². The third kappa shape index (κ3) is 7.05. The minimum atomic E-state index is -1.67. The Labute approximate surface area is 184 Å². The number of anilines is 1. The van der Waals surface area contributed by atoms with Gasteiger partial charge in [-0.15, -0.1) is 0 Å². The van der Waals surface area contributed by atoms with Crippen LogP contribution in [-0.4, -0.2) is 36.3 Å². The number of amides is 2. The standard InChI is InChI=1S/C23H27F4N3O2/c1-4-11-30(12-19(31)28-18-10-9-17(25)21(26)22(18)27)13-20(32)29-23(14(2)3)15-5-7-16(24)8-6-15/h5-10,14,23H,4,11-13H2,1-3H3,(H,28,31)(H,29,32). The number of carbonyl (C=O) groups is 2. The smallest absolute Gasteiger partial charge is 0.238 e. The maximum Gasteiger partial charge on any atom is 0.238 e. The Balaban J connectivity index is 2.02. The van der Waals surface area contributed by atoms with E-state index in [-0.39, 0.29) is 36.8 Å². The molecule has 32 heavy (non-hydrogen) atoms. The Hall–Kier alpha value is -2.94. The molecule has 0 aliphatic rings. The molecule has 1 unspecified atom stereocenters. The minimum Gasteiger partial charge on any atom is -0.348 e. The summed E-state index contributed by atoms with van der Waals surface area (Å²) in [4.78, 5) is 26.5. The molecular weight excluding hydrogens is 426 g/mol. The molecule has 0 aliphatic carbocycles. The molecule has 2 amide bonds. The van der Waals surface area contributed by atoms with Crippen LogP contribution in [0.4, 0.5) is 23.2 Å². The molecule has 0 aromatic heterocycles. The number of hydrogen-bond donors (Lipinski definition) is 2. The second-order valence-corrected chi connectivity index (χ2v) is 7.82. The lowest BCUT2D eigenvalue weighted by molar-refractivity contribution is -0.124. The lowest BCUT2D eigenvalue weighted by atomic mass is 9.96. The van der Waals surface area contributed by atoms with Crippen LogP contribution < -0.4 is 10.6 Å². The summed E-state index contributed by atoms with van der Waals surface area (Å²) < 4.78 is 53.4. The molecule has 1 atom stereocenters. The first kappa shape index (κ1) is 25.3. The zero-order valence-corrected chi connectivity index (χ0v) is 18.2. The van der Waals surface area contributed by atoms with E-state index in [1.165, 1.54) is 12.1 Å². The van der Waals surface area contributed by atoms with Crippen LogP contribution in [0.3, 0.4) is 0 Å². The second kappa shape index (κ2) is 11.6. The Morgan fingerprint density at radius 1 is 0.906 bits per heavy atom. The lowest BCUT2D eigenvalue weighted by Crippen LogP contribution is -2.43. The molecule has 0 fully saturated rings. The van der Waals surface area contributed by atoms with E-state index in [4.69, 9.17) is 0 Å². The number of benzene rings is 2. The van der Waals surface area contributed by atoms with Gasteiger partial charge in [-0.2, -0.15) is 0 Å². The first-order valence-electron chi connectivity index (χ1n) is 10.3. The van der Waals surface area contributed by atoms with Crippen molar-refractivity contribution in [1.29, 1.82) is 0 Å². The van der Waals surface area contributed by atoms with E-state index < -0.39 is 29.0 Å². The Morgan fingerprint density at radius 3 is 2.12 bits per heavy atom. The zero-order chi connectivity index (χ0) is 23.8. The first-order valence-corrected chi connectivity index (χ1v) is 10.3. The average molecular weight is 453 g/mol. The SMILES string of the molecule is CCCN(CC(=O)Nc1ccc(F)c(F)c1F)CC(=O)NC(c1ccc(F)cc1)C(C)C. The molecule has 0 bridgehead atoms. The van der Waals surface area contributed by atoms with Crippen LogP contribution in [0, 0.1) is 29.2 Å². The average Bonchev–Trinajstić information content (AvgIpc) is 2.73. The fourth-order valence-corrected chi connectivity index (χ4v) is 3.27. The fourth-order valence-electron chi connectivity index (χ4n) is 3.27. The van der Waals surface area contributed by atoms with E-state index in [2.05, 4.69) is 10.6 Å². The third-order valence-corrected chi connectivity index (χ3v) is 4.80. The van der Waals surface area contributed by atoms with Crippen LogP contribution in [0.1, 0.15) is 38.8 Å². The van der Waals surface area contributed by atoms with Gasteiger partial charge in [0.05, 0.1) is 24.8 Å². The van der Waals surface area contributed by atoms with E-state index >= 15 is 0 Å². The van der Waals surface area contributed by atoms with Crippen LogP contribution in [0.2, 0.25) is 0 Å². The van der Waals surface area contributed by atoms with Gasteiger partial charge in [-0.1, -0.05) is 32.9 Å². The summed E-state index contributed by atoms with van der Waals surface area (Å²) in [5.74, 6) is -5.87. The van der Waals surface area contributed by atoms with Gasteiger partial charge in [0.15, 0.2) is 17.5 Å². The summed E-state index contributed by atoms with van der Waals surface area (Å²) in [5.41, 5.74) is 0.273. The van der Waals surface area contributed by atoms with E-state index in [9.17, 15) is 27.2 Å². The van der Waals surface area contributed by atoms with E-state index in [1.807, 2.05) is 20.8 Å². The van der Waals surface area contributed by atoms with Gasteiger partial charge in [0, 0.05) is 0 Å². The molecule has 174 valence electrons. The zero-order valence-electron chi connectivity index (χ0n) is 18.2. The number of carbonyl (C=O) groups excluding carboxylic acids is 2. The van der Waals surface area contributed by atoms with Crippen LogP contribution >= 0.6 is 0 Å². The first-order chi connectivity index (χ1) is 15.1. The largest absolute Gasteiger partial charge is 0.348 e. The third-order valence-electron chi connectivity index (χ3n) is 4.80. The highest BCUT2D eigenvalue weighted by molar-refractivity contribution is 5.92. The molecule has 0 heterocycles. The van der Waals surface area contributed by atoms with Crippen molar-refractivity contribution in [2.45, 2.75) is 33.2 Å². The molecule has 0 radical (unpaired) electrons. The van der Waals surface area contributed by atoms with Crippen molar-refractivity contribution < 1.29 is 27.2 Å². The summed E-state index contributed by atoms with van der Waals surface area (Å²) >= 11 is 0. The fraction of sp³-hybridized carbons (Fsp3) is 0.391. The molecule has 2 aromatic carbocycles. The Kier molecular flexibility index (Phi) is 9.19. The minimum absolute atomic E-state index is 0.0312.